The smallest absolute Gasteiger partial charge is 0 e. The molecule has 33 heavy (non-hydrogen) atoms. The van der Waals surface area contributed by atoms with Crippen molar-refractivity contribution in [2.24, 2.45) is 0 Å². The van der Waals surface area contributed by atoms with Crippen molar-refractivity contribution >= 4 is 43.3 Å². The Kier molecular flexibility index (Phi) is 110. The number of carbonyl (C=O) groups is 2. The van der Waals surface area contributed by atoms with Crippen LogP contribution in [0.15, 0.2) is 24.3 Å². The standard InChI is InChI=1S/C9H11NO2S2.C3H7NO.6CO.2Fe/c11-9(12)7-1-3-8(4-2-7)10(5-13)6-14;1-4(2)3-5;6*1-2;;/h1-4,13-14H,5-6H2,(H,11,12);3H,1-2H3;;;;;;;;/p-2. The summed E-state index contributed by atoms with van der Waals surface area (Å²) in [6.07, 6.45) is 0.750. The van der Waals surface area contributed by atoms with Crippen LogP contribution in [0.4, 0.5) is 5.69 Å². The van der Waals surface area contributed by atoms with E-state index < -0.39 is 5.97 Å². The number of rotatable bonds is 5. The molecule has 0 atom stereocenters. The van der Waals surface area contributed by atoms with E-state index in [1.165, 1.54) is 4.90 Å². The van der Waals surface area contributed by atoms with Crippen LogP contribution >= 0.6 is 0 Å². The van der Waals surface area contributed by atoms with Crippen molar-refractivity contribution in [2.75, 3.05) is 30.7 Å². The molecular weight excluding hydrogens is 564 g/mol. The molecule has 0 aliphatic rings. The second-order valence-corrected chi connectivity index (χ2v) is 4.24. The summed E-state index contributed by atoms with van der Waals surface area (Å²) < 4.78 is 45.0. The van der Waals surface area contributed by atoms with Crippen LogP contribution in [0.3, 0.4) is 0 Å². The second-order valence-electron chi connectivity index (χ2n) is 3.72. The first-order chi connectivity index (χ1) is 15.0. The topological polar surface area (TPSA) is 180 Å². The van der Waals surface area contributed by atoms with Gasteiger partial charge in [0.2, 0.25) is 6.41 Å². The molecule has 0 unspecified atom stereocenters. The molecule has 0 heterocycles. The first kappa shape index (κ1) is 57.7. The molecule has 0 saturated carbocycles. The SMILES string of the molecule is CN(C)C=O.O=C(O)c1ccc(N(C[S-])C[S-])cc1.[C-]#[O+].[C-]#[O+].[C-]#[O+].[C-]#[O+].[C-]#[O+].[C-]#[O+].[Fe].[Fe]. The van der Waals surface area contributed by atoms with Gasteiger partial charge in [-0.2, -0.15) is 0 Å². The summed E-state index contributed by atoms with van der Waals surface area (Å²) >= 11 is 9.76. The Labute approximate surface area is 224 Å². The summed E-state index contributed by atoms with van der Waals surface area (Å²) in [5.74, 6) is -0.105. The molecule has 15 heteroatoms. The Balaban J connectivity index is -0.0000000368. The van der Waals surface area contributed by atoms with Crippen molar-refractivity contribution in [1.82, 2.24) is 4.90 Å². The van der Waals surface area contributed by atoms with E-state index in [0.29, 0.717) is 11.8 Å². The number of benzene rings is 1. The zero-order valence-corrected chi connectivity index (χ0v) is 20.8. The number of carbonyl (C=O) groups excluding carboxylic acids is 1. The van der Waals surface area contributed by atoms with Gasteiger partial charge in [-0.3, -0.25) is 4.79 Å². The Morgan fingerprint density at radius 1 is 0.818 bits per heavy atom. The Morgan fingerprint density at radius 2 is 1.06 bits per heavy atom. The van der Waals surface area contributed by atoms with Crippen LogP contribution in [0.1, 0.15) is 10.4 Å². The molecular formula is C18H16Fe2N2O9S2-2. The van der Waals surface area contributed by atoms with Crippen molar-refractivity contribution in [3.05, 3.63) is 69.7 Å². The number of carboxylic acid groups (broad SMARTS) is 1. The molecule has 0 aliphatic carbocycles. The van der Waals surface area contributed by atoms with E-state index in [-0.39, 0.29) is 39.7 Å². The van der Waals surface area contributed by atoms with Gasteiger partial charge in [-0.25, -0.2) is 4.79 Å². The van der Waals surface area contributed by atoms with Gasteiger partial charge in [0.25, 0.3) is 0 Å². The molecule has 0 saturated heterocycles. The average Bonchev–Trinajstić information content (AvgIpc) is 2.88. The number of aromatic carboxylic acids is 1. The minimum atomic E-state index is -0.931. The number of anilines is 1. The van der Waals surface area contributed by atoms with E-state index in [2.05, 4.69) is 39.9 Å². The molecule has 0 radical (unpaired) electrons. The maximum Gasteiger partial charge on any atom is 0 e. The normalized spacial score (nSPS) is 5.58. The van der Waals surface area contributed by atoms with Gasteiger partial charge in [-0.05, 0) is 24.3 Å². The quantitative estimate of drug-likeness (QED) is 0.176. The molecule has 0 aromatic heterocycles. The van der Waals surface area contributed by atoms with Crippen LogP contribution in [0, 0.1) is 39.9 Å². The third-order valence-electron chi connectivity index (χ3n) is 2.00. The van der Waals surface area contributed by atoms with Gasteiger partial charge in [-0.1, -0.05) is 0 Å². The van der Waals surface area contributed by atoms with Crippen LogP contribution in [0.25, 0.3) is 0 Å². The number of nitrogens with zero attached hydrogens (tertiary/aromatic N) is 2. The van der Waals surface area contributed by atoms with Crippen molar-refractivity contribution in [3.63, 3.8) is 0 Å². The van der Waals surface area contributed by atoms with Crippen LogP contribution in [0.5, 0.6) is 0 Å². The molecule has 0 aliphatic heterocycles. The van der Waals surface area contributed by atoms with Gasteiger partial charge in [0.1, 0.15) is 0 Å². The Hall–Kier alpha value is -1.86. The van der Waals surface area contributed by atoms with Gasteiger partial charge < -0.3 is 40.2 Å². The van der Waals surface area contributed by atoms with E-state index >= 15 is 0 Å². The second kappa shape index (κ2) is 63.1. The molecule has 1 rings (SSSR count). The summed E-state index contributed by atoms with van der Waals surface area (Å²) in [6, 6.07) is 6.51. The molecule has 1 amide bonds. The number of carboxylic acids is 1. The fraction of sp³-hybridized carbons (Fsp3) is 0.222. The number of hydrogen-bond donors (Lipinski definition) is 1. The first-order valence-electron chi connectivity index (χ1n) is 6.55. The molecule has 1 aromatic carbocycles. The van der Waals surface area contributed by atoms with Gasteiger partial charge in [0.05, 0.1) is 5.56 Å². The van der Waals surface area contributed by atoms with Crippen molar-refractivity contribution in [2.45, 2.75) is 0 Å². The molecule has 0 fully saturated rings. The Morgan fingerprint density at radius 3 is 1.21 bits per heavy atom. The fourth-order valence-electron chi connectivity index (χ4n) is 1.00. The number of amides is 1. The monoisotopic (exact) mass is 580 g/mol. The average molecular weight is 580 g/mol. The summed E-state index contributed by atoms with van der Waals surface area (Å²) in [5.41, 5.74) is 1.13. The predicted octanol–water partition coefficient (Wildman–Crippen LogP) is 0.674. The van der Waals surface area contributed by atoms with Crippen molar-refractivity contribution in [3.8, 4) is 0 Å². The van der Waals surface area contributed by atoms with Gasteiger partial charge in [0.15, 0.2) is 0 Å². The van der Waals surface area contributed by atoms with Gasteiger partial charge in [0, 0.05) is 53.9 Å². The fourth-order valence-corrected chi connectivity index (χ4v) is 1.60. The van der Waals surface area contributed by atoms with Gasteiger partial charge >= 0.3 is 73.8 Å². The minimum Gasteiger partial charge on any atom is 0 e. The van der Waals surface area contributed by atoms with E-state index in [1.54, 1.807) is 43.3 Å². The van der Waals surface area contributed by atoms with Crippen molar-refractivity contribution in [1.29, 1.82) is 0 Å². The maximum atomic E-state index is 10.6. The molecule has 1 N–H and O–H groups in total. The summed E-state index contributed by atoms with van der Waals surface area (Å²) in [4.78, 5) is 23.2. The van der Waals surface area contributed by atoms with Crippen LogP contribution in [-0.4, -0.2) is 48.2 Å². The Bertz CT molecular complexity index is 598. The third-order valence-corrected chi connectivity index (χ3v) is 2.63. The third kappa shape index (κ3) is 48.7. The summed E-state index contributed by atoms with van der Waals surface area (Å²) in [5, 5.41) is 8.67. The van der Waals surface area contributed by atoms with E-state index in [9.17, 15) is 9.59 Å². The van der Waals surface area contributed by atoms with Gasteiger partial charge in [-0.15, -0.1) is 11.8 Å². The molecule has 182 valence electrons. The first-order valence-corrected chi connectivity index (χ1v) is 7.70. The predicted molar refractivity (Wildman–Crippen MR) is 104 cm³/mol. The summed E-state index contributed by atoms with van der Waals surface area (Å²) in [6.45, 7) is 27.0. The molecule has 0 bridgehead atoms. The van der Waals surface area contributed by atoms with E-state index in [0.717, 1.165) is 12.1 Å². The minimum absolute atomic E-state index is 0. The maximum absolute atomic E-state index is 10.6. The zero-order chi connectivity index (χ0) is 26.8. The molecule has 0 spiro atoms. The molecule has 1 aromatic rings. The van der Waals surface area contributed by atoms with Crippen LogP contribution < -0.4 is 4.90 Å². The van der Waals surface area contributed by atoms with Crippen LogP contribution in [-0.2, 0) is 92.1 Å². The van der Waals surface area contributed by atoms with E-state index in [1.807, 2.05) is 0 Å². The largest absolute Gasteiger partial charge is 0 e. The molecule has 11 nitrogen and oxygen atoms in total. The summed E-state index contributed by atoms with van der Waals surface area (Å²) in [7, 11) is 3.38. The zero-order valence-electron chi connectivity index (χ0n) is 16.9. The van der Waals surface area contributed by atoms with Crippen LogP contribution in [0.2, 0.25) is 0 Å². The number of hydrogen-bond acceptors (Lipinski definition) is 5. The van der Waals surface area contributed by atoms with E-state index in [4.69, 9.17) is 58.3 Å². The van der Waals surface area contributed by atoms with Crippen molar-refractivity contribution < 1.29 is 76.7 Å².